The van der Waals surface area contributed by atoms with E-state index in [-0.39, 0.29) is 5.38 Å². The van der Waals surface area contributed by atoms with E-state index in [0.29, 0.717) is 0 Å². The van der Waals surface area contributed by atoms with E-state index < -0.39 is 0 Å². The Bertz CT molecular complexity index is 322. The molecule has 0 N–H and O–H groups in total. The first-order valence-corrected chi connectivity index (χ1v) is 8.11. The first kappa shape index (κ1) is 12.9. The molecule has 3 heteroatoms. The maximum Gasteiger partial charge on any atom is 0.0731 e. The van der Waals surface area contributed by atoms with E-state index in [1.54, 1.807) is 11.3 Å². The number of hydrogen-bond acceptors (Lipinski definition) is 1. The first-order chi connectivity index (χ1) is 7.66. The maximum absolute atomic E-state index is 6.46. The third kappa shape index (κ3) is 3.24. The van der Waals surface area contributed by atoms with E-state index in [9.17, 15) is 0 Å². The summed E-state index contributed by atoms with van der Waals surface area (Å²) in [6.07, 6.45) is 8.16. The molecule has 0 spiro atoms. The van der Waals surface area contributed by atoms with Crippen molar-refractivity contribution in [2.75, 3.05) is 0 Å². The fraction of sp³-hybridized carbons (Fsp3) is 0.692. The molecule has 1 unspecified atom stereocenters. The van der Waals surface area contributed by atoms with Crippen LogP contribution in [0.4, 0.5) is 0 Å². The molecule has 2 rings (SSSR count). The van der Waals surface area contributed by atoms with Gasteiger partial charge in [-0.05, 0) is 53.2 Å². The molecule has 1 heterocycles. The van der Waals surface area contributed by atoms with Crippen LogP contribution in [-0.4, -0.2) is 0 Å². The lowest BCUT2D eigenvalue weighted by Crippen LogP contribution is -1.96. The number of alkyl halides is 1. The molecule has 1 atom stereocenters. The van der Waals surface area contributed by atoms with Gasteiger partial charge in [-0.3, -0.25) is 0 Å². The molecular weight excluding hydrogens is 304 g/mol. The monoisotopic (exact) mass is 320 g/mol. The molecular formula is C13H18BrClS. The summed E-state index contributed by atoms with van der Waals surface area (Å²) >= 11 is 11.8. The van der Waals surface area contributed by atoms with Crippen LogP contribution in [0.15, 0.2) is 9.85 Å². The zero-order valence-corrected chi connectivity index (χ0v) is 12.8. The lowest BCUT2D eigenvalue weighted by atomic mass is 10.00. The van der Waals surface area contributed by atoms with Crippen molar-refractivity contribution >= 4 is 38.9 Å². The predicted molar refractivity (Wildman–Crippen MR) is 76.5 cm³/mol. The van der Waals surface area contributed by atoms with Crippen LogP contribution in [0.2, 0.25) is 0 Å². The van der Waals surface area contributed by atoms with Crippen LogP contribution in [-0.2, 0) is 0 Å². The zero-order chi connectivity index (χ0) is 11.5. The van der Waals surface area contributed by atoms with Crippen LogP contribution >= 0.6 is 38.9 Å². The van der Waals surface area contributed by atoms with Gasteiger partial charge in [0.05, 0.1) is 9.16 Å². The van der Waals surface area contributed by atoms with Gasteiger partial charge in [-0.25, -0.2) is 0 Å². The van der Waals surface area contributed by atoms with Crippen molar-refractivity contribution in [1.29, 1.82) is 0 Å². The lowest BCUT2D eigenvalue weighted by Gasteiger charge is -2.11. The van der Waals surface area contributed by atoms with E-state index in [0.717, 1.165) is 12.3 Å². The summed E-state index contributed by atoms with van der Waals surface area (Å²) < 4.78 is 1.23. The molecule has 0 bridgehead atoms. The number of hydrogen-bond donors (Lipinski definition) is 0. The van der Waals surface area contributed by atoms with Crippen molar-refractivity contribution in [2.24, 2.45) is 5.92 Å². The summed E-state index contributed by atoms with van der Waals surface area (Å²) in [6, 6.07) is 2.22. The van der Waals surface area contributed by atoms with Gasteiger partial charge in [-0.15, -0.1) is 22.9 Å². The Kier molecular flexibility index (Phi) is 4.75. The van der Waals surface area contributed by atoms with Crippen LogP contribution in [0.25, 0.3) is 0 Å². The summed E-state index contributed by atoms with van der Waals surface area (Å²) in [5.41, 5.74) is 1.31. The summed E-state index contributed by atoms with van der Waals surface area (Å²) in [5.74, 6) is 0.950. The van der Waals surface area contributed by atoms with Gasteiger partial charge < -0.3 is 0 Å². The predicted octanol–water partition coefficient (Wildman–Crippen LogP) is 6.07. The van der Waals surface area contributed by atoms with Gasteiger partial charge in [0.1, 0.15) is 0 Å². The summed E-state index contributed by atoms with van der Waals surface area (Å²) in [4.78, 5) is 1.32. The van der Waals surface area contributed by atoms with Crippen molar-refractivity contribution in [1.82, 2.24) is 0 Å². The highest BCUT2D eigenvalue weighted by molar-refractivity contribution is 9.11. The Morgan fingerprint density at radius 2 is 2.19 bits per heavy atom. The molecule has 16 heavy (non-hydrogen) atoms. The van der Waals surface area contributed by atoms with Crippen molar-refractivity contribution in [2.45, 2.75) is 50.8 Å². The van der Waals surface area contributed by atoms with E-state index >= 15 is 0 Å². The van der Waals surface area contributed by atoms with Crippen LogP contribution in [0.3, 0.4) is 0 Å². The topological polar surface area (TPSA) is 0 Å². The van der Waals surface area contributed by atoms with Gasteiger partial charge in [0.25, 0.3) is 0 Å². The molecule has 1 fully saturated rings. The normalized spacial score (nSPS) is 19.2. The molecule has 1 saturated carbocycles. The van der Waals surface area contributed by atoms with Crippen molar-refractivity contribution in [3.8, 4) is 0 Å². The fourth-order valence-corrected chi connectivity index (χ4v) is 4.37. The minimum Gasteiger partial charge on any atom is -0.131 e. The average molecular weight is 322 g/mol. The molecule has 1 aromatic rings. The molecule has 90 valence electrons. The Balaban J connectivity index is 1.84. The van der Waals surface area contributed by atoms with Gasteiger partial charge in [-0.2, -0.15) is 0 Å². The molecule has 1 aromatic heterocycles. The van der Waals surface area contributed by atoms with Crippen molar-refractivity contribution < 1.29 is 0 Å². The number of thiophene rings is 1. The van der Waals surface area contributed by atoms with E-state index in [1.807, 2.05) is 0 Å². The average Bonchev–Trinajstić information content (AvgIpc) is 2.86. The van der Waals surface area contributed by atoms with Gasteiger partial charge in [0.2, 0.25) is 0 Å². The van der Waals surface area contributed by atoms with Crippen molar-refractivity contribution in [3.05, 3.63) is 20.3 Å². The standard InChI is InChI=1S/C13H18BrClS/c1-9-8-12(16-13(9)14)11(15)7-6-10-4-2-3-5-10/h8,10-11H,2-7H2,1H3. The maximum atomic E-state index is 6.46. The quantitative estimate of drug-likeness (QED) is 0.590. The zero-order valence-electron chi connectivity index (χ0n) is 9.64. The molecule has 1 aliphatic carbocycles. The second-order valence-corrected chi connectivity index (χ2v) is 7.73. The Morgan fingerprint density at radius 3 is 2.75 bits per heavy atom. The molecule has 1 aliphatic rings. The third-order valence-corrected chi connectivity index (χ3v) is 6.32. The Labute approximate surface area is 116 Å². The summed E-state index contributed by atoms with van der Waals surface area (Å²) in [5, 5.41) is 0.218. The van der Waals surface area contributed by atoms with Gasteiger partial charge >= 0.3 is 0 Å². The fourth-order valence-electron chi connectivity index (χ4n) is 2.46. The van der Waals surface area contributed by atoms with Crippen LogP contribution < -0.4 is 0 Å². The van der Waals surface area contributed by atoms with Crippen LogP contribution in [0, 0.1) is 12.8 Å². The van der Waals surface area contributed by atoms with E-state index in [1.165, 1.54) is 46.3 Å². The van der Waals surface area contributed by atoms with Gasteiger partial charge in [-0.1, -0.05) is 25.7 Å². The van der Waals surface area contributed by atoms with Gasteiger partial charge in [0, 0.05) is 4.88 Å². The second-order valence-electron chi connectivity index (χ2n) is 4.80. The van der Waals surface area contributed by atoms with Crippen LogP contribution in [0.5, 0.6) is 0 Å². The highest BCUT2D eigenvalue weighted by Gasteiger charge is 2.18. The van der Waals surface area contributed by atoms with E-state index in [2.05, 4.69) is 28.9 Å². The first-order valence-electron chi connectivity index (χ1n) is 6.06. The summed E-state index contributed by atoms with van der Waals surface area (Å²) in [6.45, 7) is 2.13. The van der Waals surface area contributed by atoms with Gasteiger partial charge in [0.15, 0.2) is 0 Å². The minimum absolute atomic E-state index is 0.218. The number of halogens is 2. The molecule has 0 amide bonds. The molecule has 0 aromatic carbocycles. The molecule has 0 aliphatic heterocycles. The second kappa shape index (κ2) is 5.88. The molecule has 0 radical (unpaired) electrons. The smallest absolute Gasteiger partial charge is 0.0731 e. The van der Waals surface area contributed by atoms with Crippen LogP contribution in [0.1, 0.15) is 54.3 Å². The highest BCUT2D eigenvalue weighted by Crippen LogP contribution is 2.38. The highest BCUT2D eigenvalue weighted by atomic mass is 79.9. The third-order valence-electron chi connectivity index (χ3n) is 3.49. The number of aryl methyl sites for hydroxylation is 1. The summed E-state index contributed by atoms with van der Waals surface area (Å²) in [7, 11) is 0. The minimum atomic E-state index is 0.218. The Hall–Kier alpha value is 0.470. The largest absolute Gasteiger partial charge is 0.131 e. The Morgan fingerprint density at radius 1 is 1.50 bits per heavy atom. The van der Waals surface area contributed by atoms with Crippen molar-refractivity contribution in [3.63, 3.8) is 0 Å². The van der Waals surface area contributed by atoms with E-state index in [4.69, 9.17) is 11.6 Å². The molecule has 0 nitrogen and oxygen atoms in total. The lowest BCUT2D eigenvalue weighted by molar-refractivity contribution is 0.481. The molecule has 0 saturated heterocycles. The SMILES string of the molecule is Cc1cc(C(Cl)CCC2CCCC2)sc1Br. The number of rotatable bonds is 4.